The van der Waals surface area contributed by atoms with Crippen molar-refractivity contribution < 1.29 is 0 Å². The van der Waals surface area contributed by atoms with E-state index >= 15 is 0 Å². The Morgan fingerprint density at radius 3 is 2.21 bits per heavy atom. The van der Waals surface area contributed by atoms with Gasteiger partial charge in [-0.2, -0.15) is 0 Å². The molecule has 0 aliphatic heterocycles. The van der Waals surface area contributed by atoms with Crippen molar-refractivity contribution in [3.05, 3.63) is 94.2 Å². The molecule has 5 aliphatic rings. The second-order valence-corrected chi connectivity index (χ2v) is 7.90. The van der Waals surface area contributed by atoms with E-state index in [0.29, 0.717) is 11.8 Å². The van der Waals surface area contributed by atoms with Crippen molar-refractivity contribution in [2.75, 3.05) is 0 Å². The van der Waals surface area contributed by atoms with Crippen molar-refractivity contribution >= 4 is 0 Å². The maximum absolute atomic E-state index is 2.49. The monoisotopic (exact) mass is 312 g/mol. The quantitative estimate of drug-likeness (QED) is 0.492. The van der Waals surface area contributed by atoms with E-state index in [-0.39, 0.29) is 0 Å². The lowest BCUT2D eigenvalue weighted by Gasteiger charge is -2.08. The minimum Gasteiger partial charge on any atom is -0.0772 e. The fraction of sp³-hybridized carbons (Fsp3) is 0.333. The van der Waals surface area contributed by atoms with E-state index in [2.05, 4.69) is 60.8 Å². The zero-order valence-corrected chi connectivity index (χ0v) is 14.2. The molecule has 0 N–H and O–H groups in total. The summed E-state index contributed by atoms with van der Waals surface area (Å²) in [4.78, 5) is 0. The van der Waals surface area contributed by atoms with Crippen molar-refractivity contribution in [3.63, 3.8) is 0 Å². The highest BCUT2D eigenvalue weighted by Gasteiger charge is 2.19. The molecular weight excluding hydrogens is 288 g/mol. The Bertz CT molecular complexity index is 814. The van der Waals surface area contributed by atoms with Gasteiger partial charge in [0.25, 0.3) is 0 Å². The first-order valence-corrected chi connectivity index (χ1v) is 9.34. The summed E-state index contributed by atoms with van der Waals surface area (Å²) in [5.74, 6) is 1.19. The van der Waals surface area contributed by atoms with Crippen LogP contribution in [-0.4, -0.2) is 0 Å². The van der Waals surface area contributed by atoms with E-state index in [4.69, 9.17) is 0 Å². The molecule has 0 radical (unpaired) electrons. The summed E-state index contributed by atoms with van der Waals surface area (Å²) in [6, 6.07) is 0. The predicted octanol–water partition coefficient (Wildman–Crippen LogP) is 6.30. The van der Waals surface area contributed by atoms with Crippen LogP contribution < -0.4 is 0 Å². The summed E-state index contributed by atoms with van der Waals surface area (Å²) < 4.78 is 0. The predicted molar refractivity (Wildman–Crippen MR) is 101 cm³/mol. The SMILES string of the molecule is C1=CC2C=C1CC1=CC=C(CC3=CC(=CC3)CC3C=CC(=C3)C2)C1. The Morgan fingerprint density at radius 2 is 1.33 bits per heavy atom. The molecule has 5 aliphatic carbocycles. The maximum Gasteiger partial charge on any atom is -0.000403 e. The number of hydrogen-bond acceptors (Lipinski definition) is 0. The van der Waals surface area contributed by atoms with Gasteiger partial charge in [-0.3, -0.25) is 0 Å². The first-order valence-electron chi connectivity index (χ1n) is 9.34. The molecule has 24 heavy (non-hydrogen) atoms. The number of hydrogen-bond donors (Lipinski definition) is 0. The molecule has 8 bridgehead atoms. The number of fused-ring (bicyclic) bond motifs is 5. The molecule has 0 aromatic rings. The van der Waals surface area contributed by atoms with E-state index in [1.807, 2.05) is 0 Å². The van der Waals surface area contributed by atoms with Crippen LogP contribution in [0.4, 0.5) is 0 Å². The third-order valence-electron chi connectivity index (χ3n) is 5.82. The molecule has 0 heteroatoms. The first-order chi connectivity index (χ1) is 11.8. The Morgan fingerprint density at radius 1 is 0.667 bits per heavy atom. The molecule has 0 nitrogen and oxygen atoms in total. The van der Waals surface area contributed by atoms with Gasteiger partial charge in [0.1, 0.15) is 0 Å². The van der Waals surface area contributed by atoms with Crippen LogP contribution in [0.25, 0.3) is 0 Å². The van der Waals surface area contributed by atoms with Crippen LogP contribution in [-0.2, 0) is 0 Å². The molecule has 120 valence electrons. The highest BCUT2D eigenvalue weighted by atomic mass is 14.2. The molecule has 0 amide bonds. The van der Waals surface area contributed by atoms with Crippen LogP contribution in [0.15, 0.2) is 94.2 Å². The fourth-order valence-electron chi connectivity index (χ4n) is 4.67. The van der Waals surface area contributed by atoms with Crippen LogP contribution in [0.5, 0.6) is 0 Å². The summed E-state index contributed by atoms with van der Waals surface area (Å²) in [5, 5.41) is 0. The zero-order chi connectivity index (χ0) is 15.9. The lowest BCUT2D eigenvalue weighted by Crippen LogP contribution is -1.93. The highest BCUT2D eigenvalue weighted by Crippen LogP contribution is 2.37. The van der Waals surface area contributed by atoms with Gasteiger partial charge in [-0.15, -0.1) is 0 Å². The van der Waals surface area contributed by atoms with Gasteiger partial charge in [-0.1, -0.05) is 88.6 Å². The second kappa shape index (κ2) is 5.77. The highest BCUT2D eigenvalue weighted by molar-refractivity contribution is 5.44. The topological polar surface area (TPSA) is 0 Å². The van der Waals surface area contributed by atoms with E-state index < -0.39 is 0 Å². The van der Waals surface area contributed by atoms with E-state index in [9.17, 15) is 0 Å². The van der Waals surface area contributed by atoms with E-state index in [1.54, 1.807) is 22.3 Å². The van der Waals surface area contributed by atoms with Gasteiger partial charge in [-0.05, 0) is 55.9 Å². The third-order valence-corrected chi connectivity index (χ3v) is 5.82. The summed E-state index contributed by atoms with van der Waals surface area (Å²) in [5.41, 5.74) is 9.35. The lowest BCUT2D eigenvalue weighted by atomic mass is 9.96. The van der Waals surface area contributed by atoms with Crippen LogP contribution in [0.1, 0.15) is 38.5 Å². The summed E-state index contributed by atoms with van der Waals surface area (Å²) in [6.07, 6.45) is 31.1. The molecule has 0 spiro atoms. The Hall–Kier alpha value is -2.08. The minimum atomic E-state index is 0.592. The van der Waals surface area contributed by atoms with Crippen LogP contribution in [0, 0.1) is 11.8 Å². The van der Waals surface area contributed by atoms with Gasteiger partial charge in [0.2, 0.25) is 0 Å². The van der Waals surface area contributed by atoms with Gasteiger partial charge in [0, 0.05) is 0 Å². The molecule has 0 aromatic heterocycles. The van der Waals surface area contributed by atoms with Crippen molar-refractivity contribution in [1.82, 2.24) is 0 Å². The lowest BCUT2D eigenvalue weighted by molar-refractivity contribution is 0.791. The molecular formula is C24H24. The van der Waals surface area contributed by atoms with Gasteiger partial charge in [0.05, 0.1) is 0 Å². The molecule has 0 heterocycles. The molecule has 5 rings (SSSR count). The van der Waals surface area contributed by atoms with Crippen LogP contribution in [0.3, 0.4) is 0 Å². The number of rotatable bonds is 0. The van der Waals surface area contributed by atoms with Crippen molar-refractivity contribution in [2.45, 2.75) is 38.5 Å². The van der Waals surface area contributed by atoms with Gasteiger partial charge in [-0.25, -0.2) is 0 Å². The van der Waals surface area contributed by atoms with E-state index in [1.165, 1.54) is 30.4 Å². The maximum atomic E-state index is 2.49. The van der Waals surface area contributed by atoms with E-state index in [0.717, 1.165) is 19.3 Å². The van der Waals surface area contributed by atoms with Gasteiger partial charge >= 0.3 is 0 Å². The molecule has 0 aromatic carbocycles. The van der Waals surface area contributed by atoms with Crippen LogP contribution >= 0.6 is 0 Å². The standard InChI is InChI=1S/C24H24/c1-2-18-9-17(1)13-19-3-4-21(10-19)15-23-7-8-24(12-23)16-22-6-5-20(11-22)14-18/h1-7,9-10,12,17,21H,8,11,13-16H2. The smallest absolute Gasteiger partial charge is 0.000403 e. The van der Waals surface area contributed by atoms with Crippen LogP contribution in [0.2, 0.25) is 0 Å². The molecule has 2 unspecified atom stereocenters. The molecule has 2 atom stereocenters. The average molecular weight is 312 g/mol. The molecule has 0 saturated heterocycles. The normalized spacial score (nSPS) is 30.7. The first kappa shape index (κ1) is 14.3. The summed E-state index contributed by atoms with van der Waals surface area (Å²) in [7, 11) is 0. The summed E-state index contributed by atoms with van der Waals surface area (Å²) >= 11 is 0. The Kier molecular flexibility index (Phi) is 3.43. The Balaban J connectivity index is 1.42. The van der Waals surface area contributed by atoms with Crippen molar-refractivity contribution in [2.24, 2.45) is 11.8 Å². The molecule has 0 saturated carbocycles. The molecule has 0 fully saturated rings. The third kappa shape index (κ3) is 2.86. The number of allylic oxidation sites excluding steroid dienone is 16. The largest absolute Gasteiger partial charge is 0.0772 e. The van der Waals surface area contributed by atoms with Crippen molar-refractivity contribution in [1.29, 1.82) is 0 Å². The fourth-order valence-corrected chi connectivity index (χ4v) is 4.67. The average Bonchev–Trinajstić information content (AvgIpc) is 3.32. The van der Waals surface area contributed by atoms with Gasteiger partial charge in [0.15, 0.2) is 0 Å². The summed E-state index contributed by atoms with van der Waals surface area (Å²) in [6.45, 7) is 0. The Labute approximate surface area is 145 Å². The minimum absolute atomic E-state index is 0.592. The van der Waals surface area contributed by atoms with Crippen molar-refractivity contribution in [3.8, 4) is 0 Å². The second-order valence-electron chi connectivity index (χ2n) is 7.90. The zero-order valence-electron chi connectivity index (χ0n) is 14.2. The van der Waals surface area contributed by atoms with Gasteiger partial charge < -0.3 is 0 Å².